The van der Waals surface area contributed by atoms with Gasteiger partial charge in [0.1, 0.15) is 5.75 Å². The number of methoxy groups -OCH3 is 1. The van der Waals surface area contributed by atoms with Crippen molar-refractivity contribution in [2.24, 2.45) is 0 Å². The number of rotatable bonds is 5. The average Bonchev–Trinajstić information content (AvgIpc) is 3.10. The standard InChI is InChI=1S/C25H22ClN3O3/c1-16-3-7-19(8-4-16)24(30)27-22-23(18-9-13-21(32-2)14-10-18)29(28-25(22)31)15-17-5-11-20(26)12-6-17/h3-15,22-23H,1-2H3,(H-,27,28,30,31)/p+1/b29-15-/t22-,23+/m0/s1. The number of amides is 2. The monoisotopic (exact) mass is 448 g/mol. The summed E-state index contributed by atoms with van der Waals surface area (Å²) >= 11 is 6.00. The molecule has 2 amide bonds. The number of nitrogens with one attached hydrogen (secondary N) is 2. The van der Waals surface area contributed by atoms with Gasteiger partial charge in [-0.2, -0.15) is 0 Å². The summed E-state index contributed by atoms with van der Waals surface area (Å²) in [7, 11) is 1.60. The Balaban J connectivity index is 1.69. The van der Waals surface area contributed by atoms with Gasteiger partial charge < -0.3 is 10.1 Å². The maximum atomic E-state index is 12.9. The predicted octanol–water partition coefficient (Wildman–Crippen LogP) is 3.67. The van der Waals surface area contributed by atoms with Gasteiger partial charge in [0.15, 0.2) is 6.04 Å². The van der Waals surface area contributed by atoms with Crippen molar-refractivity contribution in [3.05, 3.63) is 100 Å². The summed E-state index contributed by atoms with van der Waals surface area (Å²) in [6.07, 6.45) is 1.82. The van der Waals surface area contributed by atoms with Crippen LogP contribution < -0.4 is 15.5 Å². The Kier molecular flexibility index (Phi) is 6.23. The van der Waals surface area contributed by atoms with Gasteiger partial charge in [0, 0.05) is 21.7 Å². The Hall–Kier alpha value is -3.64. The molecule has 162 valence electrons. The van der Waals surface area contributed by atoms with E-state index in [9.17, 15) is 9.59 Å². The first-order valence-electron chi connectivity index (χ1n) is 10.2. The van der Waals surface area contributed by atoms with Crippen molar-refractivity contribution in [2.75, 3.05) is 7.11 Å². The normalized spacial score (nSPS) is 19.0. The summed E-state index contributed by atoms with van der Waals surface area (Å²) in [6.45, 7) is 1.95. The lowest BCUT2D eigenvalue weighted by molar-refractivity contribution is -0.596. The Morgan fingerprint density at radius 2 is 1.69 bits per heavy atom. The number of hydrazone groups is 1. The largest absolute Gasteiger partial charge is 0.497 e. The van der Waals surface area contributed by atoms with E-state index >= 15 is 0 Å². The fourth-order valence-electron chi connectivity index (χ4n) is 3.62. The molecule has 0 bridgehead atoms. The van der Waals surface area contributed by atoms with Gasteiger partial charge in [0.05, 0.1) is 7.11 Å². The molecule has 2 N–H and O–H groups in total. The average molecular weight is 449 g/mol. The highest BCUT2D eigenvalue weighted by molar-refractivity contribution is 6.30. The molecule has 3 aromatic carbocycles. The van der Waals surface area contributed by atoms with Crippen LogP contribution in [0.2, 0.25) is 5.02 Å². The maximum absolute atomic E-state index is 12.9. The van der Waals surface area contributed by atoms with E-state index in [1.807, 2.05) is 61.7 Å². The maximum Gasteiger partial charge on any atom is 0.304 e. The third-order valence-corrected chi connectivity index (χ3v) is 5.61. The molecule has 32 heavy (non-hydrogen) atoms. The van der Waals surface area contributed by atoms with Gasteiger partial charge in [-0.3, -0.25) is 9.59 Å². The van der Waals surface area contributed by atoms with Crippen LogP contribution in [0.5, 0.6) is 5.75 Å². The van der Waals surface area contributed by atoms with Gasteiger partial charge in [0.25, 0.3) is 5.91 Å². The van der Waals surface area contributed by atoms with Crippen LogP contribution in [0, 0.1) is 6.92 Å². The van der Waals surface area contributed by atoms with Gasteiger partial charge >= 0.3 is 5.91 Å². The summed E-state index contributed by atoms with van der Waals surface area (Å²) in [6, 6.07) is 20.7. The highest BCUT2D eigenvalue weighted by atomic mass is 35.5. The molecule has 4 rings (SSSR count). The zero-order valence-corrected chi connectivity index (χ0v) is 18.5. The van der Waals surface area contributed by atoms with Crippen LogP contribution in [-0.4, -0.2) is 35.9 Å². The van der Waals surface area contributed by atoms with Crippen LogP contribution in [0.25, 0.3) is 0 Å². The molecule has 1 aliphatic heterocycles. The van der Waals surface area contributed by atoms with Gasteiger partial charge in [0.2, 0.25) is 12.3 Å². The van der Waals surface area contributed by atoms with Gasteiger partial charge in [-0.05, 0) is 67.6 Å². The highest BCUT2D eigenvalue weighted by Crippen LogP contribution is 2.27. The van der Waals surface area contributed by atoms with Crippen molar-refractivity contribution in [1.29, 1.82) is 0 Å². The van der Waals surface area contributed by atoms with E-state index in [1.165, 1.54) is 0 Å². The number of ether oxygens (including phenoxy) is 1. The van der Waals surface area contributed by atoms with Gasteiger partial charge in [-0.25, -0.2) is 0 Å². The molecule has 0 spiro atoms. The van der Waals surface area contributed by atoms with Gasteiger partial charge in [-0.15, -0.1) is 10.1 Å². The second kappa shape index (κ2) is 9.24. The number of hydrogen-bond donors (Lipinski definition) is 2. The van der Waals surface area contributed by atoms with Crippen LogP contribution in [0.3, 0.4) is 0 Å². The van der Waals surface area contributed by atoms with E-state index in [2.05, 4.69) is 10.7 Å². The second-order valence-corrected chi connectivity index (χ2v) is 8.04. The molecule has 0 saturated carbocycles. The molecule has 0 radical (unpaired) electrons. The molecule has 1 aliphatic rings. The van der Waals surface area contributed by atoms with Crippen molar-refractivity contribution in [2.45, 2.75) is 19.0 Å². The zero-order chi connectivity index (χ0) is 22.7. The van der Waals surface area contributed by atoms with Crippen molar-refractivity contribution in [3.8, 4) is 5.75 Å². The van der Waals surface area contributed by atoms with Crippen molar-refractivity contribution >= 4 is 29.6 Å². The first kappa shape index (κ1) is 21.6. The van der Waals surface area contributed by atoms with Gasteiger partial charge in [-0.1, -0.05) is 29.3 Å². The van der Waals surface area contributed by atoms with Crippen molar-refractivity contribution < 1.29 is 19.0 Å². The predicted molar refractivity (Wildman–Crippen MR) is 123 cm³/mol. The molecule has 0 unspecified atom stereocenters. The van der Waals surface area contributed by atoms with E-state index < -0.39 is 12.1 Å². The molecular formula is C25H23ClN3O3+. The molecule has 1 saturated heterocycles. The Labute approximate surface area is 191 Å². The highest BCUT2D eigenvalue weighted by Gasteiger charge is 2.47. The van der Waals surface area contributed by atoms with E-state index in [-0.39, 0.29) is 11.8 Å². The SMILES string of the molecule is COc1ccc([C@@H]2[C@H](NC(=O)c3ccc(C)cc3)C(=O)N/[N+]2=C\c2ccc(Cl)cc2)cc1. The molecule has 0 aromatic heterocycles. The number of benzene rings is 3. The summed E-state index contributed by atoms with van der Waals surface area (Å²) in [5.41, 5.74) is 6.13. The van der Waals surface area contributed by atoms with Crippen LogP contribution in [0.15, 0.2) is 72.8 Å². The molecule has 6 nitrogen and oxygen atoms in total. The Morgan fingerprint density at radius 3 is 2.31 bits per heavy atom. The Bertz CT molecular complexity index is 1160. The van der Waals surface area contributed by atoms with Crippen LogP contribution in [-0.2, 0) is 4.79 Å². The molecule has 1 heterocycles. The summed E-state index contributed by atoms with van der Waals surface area (Å²) in [4.78, 5) is 25.8. The summed E-state index contributed by atoms with van der Waals surface area (Å²) < 4.78 is 6.98. The Morgan fingerprint density at radius 1 is 1.03 bits per heavy atom. The fraction of sp³-hybridized carbons (Fsp3) is 0.160. The zero-order valence-electron chi connectivity index (χ0n) is 17.7. The minimum atomic E-state index is -0.791. The number of nitrogens with zero attached hydrogens (tertiary/aromatic N) is 1. The number of carbonyl (C=O) groups is 2. The number of aryl methyl sites for hydroxylation is 1. The van der Waals surface area contributed by atoms with Crippen molar-refractivity contribution in [3.63, 3.8) is 0 Å². The molecule has 3 aromatic rings. The quantitative estimate of drug-likeness (QED) is 0.585. The number of hydrogen-bond acceptors (Lipinski definition) is 3. The van der Waals surface area contributed by atoms with Crippen LogP contribution in [0.1, 0.15) is 33.1 Å². The first-order chi connectivity index (χ1) is 15.4. The van der Waals surface area contributed by atoms with E-state index in [0.29, 0.717) is 16.3 Å². The van der Waals surface area contributed by atoms with E-state index in [1.54, 1.807) is 36.1 Å². The molecule has 0 aliphatic carbocycles. The lowest BCUT2D eigenvalue weighted by atomic mass is 9.99. The lowest BCUT2D eigenvalue weighted by Gasteiger charge is -2.15. The van der Waals surface area contributed by atoms with Crippen LogP contribution in [0.4, 0.5) is 0 Å². The number of hydrazine groups is 1. The fourth-order valence-corrected chi connectivity index (χ4v) is 3.75. The molecular weight excluding hydrogens is 426 g/mol. The first-order valence-corrected chi connectivity index (χ1v) is 10.5. The number of halogens is 1. The summed E-state index contributed by atoms with van der Waals surface area (Å²) in [5, 5.41) is 3.53. The van der Waals surface area contributed by atoms with E-state index in [4.69, 9.17) is 16.3 Å². The van der Waals surface area contributed by atoms with Crippen LogP contribution >= 0.6 is 11.6 Å². The topological polar surface area (TPSA) is 70.4 Å². The second-order valence-electron chi connectivity index (χ2n) is 7.60. The summed E-state index contributed by atoms with van der Waals surface area (Å²) in [5.74, 6) is 0.105. The molecule has 2 atom stereocenters. The lowest BCUT2D eigenvalue weighted by Crippen LogP contribution is -2.42. The smallest absolute Gasteiger partial charge is 0.304 e. The molecule has 7 heteroatoms. The minimum Gasteiger partial charge on any atom is -0.497 e. The number of carbonyl (C=O) groups excluding carboxylic acids is 2. The molecule has 1 fully saturated rings. The van der Waals surface area contributed by atoms with Crippen molar-refractivity contribution in [1.82, 2.24) is 10.7 Å². The minimum absolute atomic E-state index is 0.295. The van der Waals surface area contributed by atoms with E-state index in [0.717, 1.165) is 16.7 Å². The third kappa shape index (κ3) is 4.65. The third-order valence-electron chi connectivity index (χ3n) is 5.35.